The van der Waals surface area contributed by atoms with Gasteiger partial charge in [-0.2, -0.15) is 0 Å². The molecule has 5 heteroatoms. The lowest BCUT2D eigenvalue weighted by atomic mass is 10.1. The number of carbonyl (C=O) groups is 2. The summed E-state index contributed by atoms with van der Waals surface area (Å²) >= 11 is 0. The second-order valence-electron chi connectivity index (χ2n) is 4.43. The maximum Gasteiger partial charge on any atom is 0.310 e. The number of nitrogens with one attached hydrogen (secondary N) is 1. The minimum absolute atomic E-state index is 0.0981. The van der Waals surface area contributed by atoms with Crippen molar-refractivity contribution in [1.82, 2.24) is 5.32 Å². The molecule has 0 aromatic heterocycles. The molecule has 0 fully saturated rings. The van der Waals surface area contributed by atoms with E-state index in [9.17, 15) is 9.59 Å². The smallest absolute Gasteiger partial charge is 0.310 e. The van der Waals surface area contributed by atoms with Crippen molar-refractivity contribution in [1.29, 1.82) is 0 Å². The molecule has 0 saturated heterocycles. The van der Waals surface area contributed by atoms with Crippen molar-refractivity contribution in [2.45, 2.75) is 19.8 Å². The summed E-state index contributed by atoms with van der Waals surface area (Å²) in [5, 5.41) is 2.71. The molecule has 0 aliphatic rings. The fourth-order valence-corrected chi connectivity index (χ4v) is 1.65. The number of para-hydroxylation sites is 1. The molecule has 1 rings (SSSR count). The quantitative estimate of drug-likeness (QED) is 0.596. The Morgan fingerprint density at radius 3 is 2.68 bits per heavy atom. The molecule has 0 saturated carbocycles. The third-order valence-corrected chi connectivity index (χ3v) is 2.89. The van der Waals surface area contributed by atoms with Gasteiger partial charge in [0.05, 0.1) is 13.0 Å². The van der Waals surface area contributed by atoms with Gasteiger partial charge in [-0.1, -0.05) is 25.1 Å². The Bertz CT molecular complexity index is 446. The van der Waals surface area contributed by atoms with Gasteiger partial charge in [-0.15, -0.1) is 0 Å². The van der Waals surface area contributed by atoms with E-state index in [2.05, 4.69) is 10.1 Å². The number of amides is 1. The van der Waals surface area contributed by atoms with E-state index in [0.717, 1.165) is 5.56 Å². The zero-order valence-electron chi connectivity index (χ0n) is 11.3. The molecule has 19 heavy (non-hydrogen) atoms. The first-order valence-electron chi connectivity index (χ1n) is 6.22. The van der Waals surface area contributed by atoms with Gasteiger partial charge < -0.3 is 15.8 Å². The highest BCUT2D eigenvalue weighted by molar-refractivity contribution is 5.78. The topological polar surface area (TPSA) is 81.4 Å². The van der Waals surface area contributed by atoms with Crippen molar-refractivity contribution in [2.75, 3.05) is 19.4 Å². The van der Waals surface area contributed by atoms with E-state index in [1.807, 2.05) is 24.3 Å². The summed E-state index contributed by atoms with van der Waals surface area (Å²) in [6.07, 6.45) is 0.938. The molecule has 5 nitrogen and oxygen atoms in total. The van der Waals surface area contributed by atoms with Crippen LogP contribution in [-0.4, -0.2) is 25.5 Å². The van der Waals surface area contributed by atoms with Crippen LogP contribution in [0.4, 0.5) is 5.69 Å². The largest absolute Gasteiger partial charge is 0.469 e. The van der Waals surface area contributed by atoms with E-state index in [1.165, 1.54) is 7.11 Å². The van der Waals surface area contributed by atoms with E-state index in [4.69, 9.17) is 5.73 Å². The minimum Gasteiger partial charge on any atom is -0.469 e. The first kappa shape index (κ1) is 15.0. The third kappa shape index (κ3) is 4.99. The highest BCUT2D eigenvalue weighted by Crippen LogP contribution is 2.12. The van der Waals surface area contributed by atoms with Gasteiger partial charge in [0.15, 0.2) is 0 Å². The lowest BCUT2D eigenvalue weighted by molar-refractivity contribution is -0.144. The number of esters is 1. The Hall–Kier alpha value is -2.04. The number of nitrogen functional groups attached to an aromatic ring is 1. The highest BCUT2D eigenvalue weighted by Gasteiger charge is 2.14. The Morgan fingerprint density at radius 2 is 2.05 bits per heavy atom. The van der Waals surface area contributed by atoms with Crippen LogP contribution in [0.2, 0.25) is 0 Å². The minimum atomic E-state index is -0.337. The summed E-state index contributed by atoms with van der Waals surface area (Å²) < 4.78 is 4.58. The van der Waals surface area contributed by atoms with E-state index < -0.39 is 0 Å². The second kappa shape index (κ2) is 7.41. The average molecular weight is 264 g/mol. The van der Waals surface area contributed by atoms with Gasteiger partial charge in [-0.05, 0) is 18.1 Å². The highest BCUT2D eigenvalue weighted by atomic mass is 16.5. The number of aryl methyl sites for hydroxylation is 1. The summed E-state index contributed by atoms with van der Waals surface area (Å²) in [5.41, 5.74) is 7.44. The summed E-state index contributed by atoms with van der Waals surface area (Å²) in [6, 6.07) is 7.46. The molecule has 0 bridgehead atoms. The number of hydrogen-bond donors (Lipinski definition) is 2. The van der Waals surface area contributed by atoms with Crippen LogP contribution >= 0.6 is 0 Å². The number of hydrogen-bond acceptors (Lipinski definition) is 4. The van der Waals surface area contributed by atoms with E-state index in [1.54, 1.807) is 6.92 Å². The molecule has 1 aromatic rings. The standard InChI is InChI=1S/C14H20N2O3/c1-10(14(18)19-2)9-16-13(17)8-7-11-5-3-4-6-12(11)15/h3-6,10H,7-9,15H2,1-2H3,(H,16,17). The predicted molar refractivity (Wildman–Crippen MR) is 73.4 cm³/mol. The van der Waals surface area contributed by atoms with Crippen LogP contribution in [0.1, 0.15) is 18.9 Å². The van der Waals surface area contributed by atoms with Crippen molar-refractivity contribution in [3.05, 3.63) is 29.8 Å². The summed E-state index contributed by atoms with van der Waals surface area (Å²) in [5.74, 6) is -0.762. The summed E-state index contributed by atoms with van der Waals surface area (Å²) in [7, 11) is 1.33. The molecule has 0 radical (unpaired) electrons. The van der Waals surface area contributed by atoms with Crippen LogP contribution in [0.15, 0.2) is 24.3 Å². The monoisotopic (exact) mass is 264 g/mol. The van der Waals surface area contributed by atoms with Gasteiger partial charge in [0.2, 0.25) is 5.91 Å². The Kier molecular flexibility index (Phi) is 5.85. The number of nitrogens with two attached hydrogens (primary N) is 1. The van der Waals surface area contributed by atoms with Crippen LogP contribution < -0.4 is 11.1 Å². The van der Waals surface area contributed by atoms with Crippen LogP contribution in [0.3, 0.4) is 0 Å². The second-order valence-corrected chi connectivity index (χ2v) is 4.43. The van der Waals surface area contributed by atoms with Crippen LogP contribution in [0.25, 0.3) is 0 Å². The van der Waals surface area contributed by atoms with Crippen molar-refractivity contribution in [2.24, 2.45) is 5.92 Å². The zero-order valence-corrected chi connectivity index (χ0v) is 11.3. The molecule has 1 unspecified atom stereocenters. The first-order valence-corrected chi connectivity index (χ1v) is 6.22. The van der Waals surface area contributed by atoms with Crippen molar-refractivity contribution < 1.29 is 14.3 Å². The molecular weight excluding hydrogens is 244 g/mol. The lowest BCUT2D eigenvalue weighted by Gasteiger charge is -2.10. The van der Waals surface area contributed by atoms with Crippen LogP contribution in [0.5, 0.6) is 0 Å². The van der Waals surface area contributed by atoms with Gasteiger partial charge in [0, 0.05) is 18.7 Å². The van der Waals surface area contributed by atoms with Gasteiger partial charge in [0.25, 0.3) is 0 Å². The lowest BCUT2D eigenvalue weighted by Crippen LogP contribution is -2.32. The average Bonchev–Trinajstić information content (AvgIpc) is 2.42. The molecule has 3 N–H and O–H groups in total. The van der Waals surface area contributed by atoms with E-state index >= 15 is 0 Å². The van der Waals surface area contributed by atoms with Crippen LogP contribution in [-0.2, 0) is 20.7 Å². The maximum absolute atomic E-state index is 11.6. The Balaban J connectivity index is 2.33. The summed E-state index contributed by atoms with van der Waals surface area (Å²) in [4.78, 5) is 22.8. The molecule has 1 amide bonds. The fraction of sp³-hybridized carbons (Fsp3) is 0.429. The van der Waals surface area contributed by atoms with Gasteiger partial charge >= 0.3 is 5.97 Å². The molecule has 104 valence electrons. The number of ether oxygens (including phenoxy) is 1. The van der Waals surface area contributed by atoms with E-state index in [-0.39, 0.29) is 24.3 Å². The Labute approximate surface area is 113 Å². The molecule has 1 atom stereocenters. The number of anilines is 1. The van der Waals surface area contributed by atoms with Gasteiger partial charge in [0.1, 0.15) is 0 Å². The normalized spacial score (nSPS) is 11.7. The fourth-order valence-electron chi connectivity index (χ4n) is 1.65. The van der Waals surface area contributed by atoms with Gasteiger partial charge in [-0.25, -0.2) is 0 Å². The third-order valence-electron chi connectivity index (χ3n) is 2.89. The predicted octanol–water partition coefficient (Wildman–Crippen LogP) is 1.13. The van der Waals surface area contributed by atoms with Gasteiger partial charge in [-0.3, -0.25) is 9.59 Å². The molecule has 0 heterocycles. The Morgan fingerprint density at radius 1 is 1.37 bits per heavy atom. The summed E-state index contributed by atoms with van der Waals surface area (Å²) in [6.45, 7) is 2.00. The molecule has 0 aliphatic carbocycles. The van der Waals surface area contributed by atoms with E-state index in [0.29, 0.717) is 18.5 Å². The molecule has 1 aromatic carbocycles. The molecular formula is C14H20N2O3. The number of benzene rings is 1. The SMILES string of the molecule is COC(=O)C(C)CNC(=O)CCc1ccccc1N. The number of rotatable bonds is 6. The van der Waals surface area contributed by atoms with Crippen molar-refractivity contribution in [3.8, 4) is 0 Å². The maximum atomic E-state index is 11.6. The number of methoxy groups -OCH3 is 1. The van der Waals surface area contributed by atoms with Crippen LogP contribution in [0, 0.1) is 5.92 Å². The zero-order chi connectivity index (χ0) is 14.3. The first-order chi connectivity index (χ1) is 9.04. The molecule has 0 spiro atoms. The van der Waals surface area contributed by atoms with Crippen molar-refractivity contribution in [3.63, 3.8) is 0 Å². The number of carbonyl (C=O) groups excluding carboxylic acids is 2. The molecule has 0 aliphatic heterocycles. The van der Waals surface area contributed by atoms with Crippen molar-refractivity contribution >= 4 is 17.6 Å².